The Labute approximate surface area is 167 Å². The summed E-state index contributed by atoms with van der Waals surface area (Å²) in [6, 6.07) is 20.1. The first-order chi connectivity index (χ1) is 14.0. The predicted octanol–water partition coefficient (Wildman–Crippen LogP) is 3.95. The quantitative estimate of drug-likeness (QED) is 0.538. The topological polar surface area (TPSA) is 98.5 Å². The maximum Gasteiger partial charge on any atom is 0.315 e. The van der Waals surface area contributed by atoms with Crippen molar-refractivity contribution >= 4 is 5.97 Å². The van der Waals surface area contributed by atoms with Gasteiger partial charge in [-0.2, -0.15) is 5.26 Å². The van der Waals surface area contributed by atoms with Gasteiger partial charge in [-0.15, -0.1) is 0 Å². The van der Waals surface area contributed by atoms with Crippen molar-refractivity contribution < 1.29 is 18.7 Å². The SMILES string of the molecule is Cc1ccc(C2C(C#N)=C(N)Oc3cc(OC(=O)Cc4ccccc4)ccc32)o1. The first-order valence-electron chi connectivity index (χ1n) is 9.07. The van der Waals surface area contributed by atoms with Crippen molar-refractivity contribution in [2.75, 3.05) is 0 Å². The van der Waals surface area contributed by atoms with Crippen molar-refractivity contribution in [3.63, 3.8) is 0 Å². The minimum absolute atomic E-state index is 0.00631. The molecule has 0 saturated carbocycles. The second kappa shape index (κ2) is 7.56. The minimum atomic E-state index is -0.480. The van der Waals surface area contributed by atoms with Gasteiger partial charge in [-0.3, -0.25) is 4.79 Å². The van der Waals surface area contributed by atoms with E-state index < -0.39 is 5.92 Å². The van der Waals surface area contributed by atoms with Gasteiger partial charge in [0.1, 0.15) is 34.7 Å². The Morgan fingerprint density at radius 1 is 1.17 bits per heavy atom. The van der Waals surface area contributed by atoms with Crippen molar-refractivity contribution in [1.82, 2.24) is 0 Å². The highest BCUT2D eigenvalue weighted by atomic mass is 16.5. The Balaban J connectivity index is 1.62. The lowest BCUT2D eigenvalue weighted by atomic mass is 9.87. The van der Waals surface area contributed by atoms with Crippen molar-refractivity contribution in [2.45, 2.75) is 19.3 Å². The first-order valence-corrected chi connectivity index (χ1v) is 9.07. The van der Waals surface area contributed by atoms with Crippen LogP contribution < -0.4 is 15.2 Å². The Kier molecular flexibility index (Phi) is 4.80. The fourth-order valence-corrected chi connectivity index (χ4v) is 3.33. The molecule has 0 bridgehead atoms. The van der Waals surface area contributed by atoms with Gasteiger partial charge >= 0.3 is 5.97 Å². The van der Waals surface area contributed by atoms with Crippen LogP contribution in [0.2, 0.25) is 0 Å². The molecule has 4 rings (SSSR count). The first kappa shape index (κ1) is 18.4. The summed E-state index contributed by atoms with van der Waals surface area (Å²) in [7, 11) is 0. The van der Waals surface area contributed by atoms with Gasteiger partial charge in [0.15, 0.2) is 0 Å². The number of nitrogens with zero attached hydrogens (tertiary/aromatic N) is 1. The number of nitrogens with two attached hydrogens (primary N) is 1. The van der Waals surface area contributed by atoms with Crippen molar-refractivity contribution in [2.24, 2.45) is 5.73 Å². The lowest BCUT2D eigenvalue weighted by Gasteiger charge is -2.25. The number of furan rings is 1. The van der Waals surface area contributed by atoms with Gasteiger partial charge in [0.25, 0.3) is 0 Å². The molecule has 1 aliphatic heterocycles. The van der Waals surface area contributed by atoms with Gasteiger partial charge in [-0.25, -0.2) is 0 Å². The number of ether oxygens (including phenoxy) is 2. The molecule has 0 radical (unpaired) electrons. The molecule has 3 aromatic rings. The van der Waals surface area contributed by atoms with Crippen molar-refractivity contribution in [1.29, 1.82) is 5.26 Å². The second-order valence-corrected chi connectivity index (χ2v) is 6.71. The zero-order valence-corrected chi connectivity index (χ0v) is 15.7. The number of esters is 1. The highest BCUT2D eigenvalue weighted by Gasteiger charge is 2.33. The van der Waals surface area contributed by atoms with Gasteiger partial charge in [0.05, 0.1) is 12.3 Å². The third-order valence-corrected chi connectivity index (χ3v) is 4.66. The summed E-state index contributed by atoms with van der Waals surface area (Å²) in [4.78, 5) is 12.2. The van der Waals surface area contributed by atoms with Gasteiger partial charge in [-0.1, -0.05) is 36.4 Å². The molecule has 0 saturated heterocycles. The average molecular weight is 386 g/mol. The van der Waals surface area contributed by atoms with E-state index in [-0.39, 0.29) is 23.8 Å². The summed E-state index contributed by atoms with van der Waals surface area (Å²) in [6.45, 7) is 1.83. The zero-order valence-electron chi connectivity index (χ0n) is 15.7. The van der Waals surface area contributed by atoms with Crippen LogP contribution in [0.15, 0.2) is 76.5 Å². The number of hydrogen-bond acceptors (Lipinski definition) is 6. The van der Waals surface area contributed by atoms with Gasteiger partial charge < -0.3 is 19.6 Å². The number of nitriles is 1. The molecule has 0 amide bonds. The number of carbonyl (C=O) groups excluding carboxylic acids is 1. The van der Waals surface area contributed by atoms with E-state index in [4.69, 9.17) is 19.6 Å². The lowest BCUT2D eigenvalue weighted by molar-refractivity contribution is -0.133. The standard InChI is InChI=1S/C23H18N2O4/c1-14-7-10-19(27-14)22-17-9-8-16(12-20(17)29-23(25)18(22)13-24)28-21(26)11-15-5-3-2-4-6-15/h2-10,12,22H,11,25H2,1H3. The number of carbonyl (C=O) groups is 1. The van der Waals surface area contributed by atoms with E-state index in [1.165, 1.54) is 0 Å². The third-order valence-electron chi connectivity index (χ3n) is 4.66. The highest BCUT2D eigenvalue weighted by Crippen LogP contribution is 2.43. The molecule has 1 aromatic heterocycles. The van der Waals surface area contributed by atoms with Crippen LogP contribution in [-0.4, -0.2) is 5.97 Å². The average Bonchev–Trinajstić information content (AvgIpc) is 3.13. The zero-order chi connectivity index (χ0) is 20.4. The summed E-state index contributed by atoms with van der Waals surface area (Å²) in [5.41, 5.74) is 7.84. The predicted molar refractivity (Wildman–Crippen MR) is 105 cm³/mol. The van der Waals surface area contributed by atoms with Crippen LogP contribution in [0.5, 0.6) is 11.5 Å². The molecule has 6 heteroatoms. The Hall–Kier alpha value is -3.98. The van der Waals surface area contributed by atoms with Crippen molar-refractivity contribution in [3.05, 3.63) is 94.8 Å². The van der Waals surface area contributed by atoms with E-state index in [0.29, 0.717) is 22.8 Å². The second-order valence-electron chi connectivity index (χ2n) is 6.71. The fourth-order valence-electron chi connectivity index (χ4n) is 3.33. The Bertz CT molecular complexity index is 1140. The molecular formula is C23H18N2O4. The summed E-state index contributed by atoms with van der Waals surface area (Å²) < 4.78 is 16.8. The van der Waals surface area contributed by atoms with E-state index in [1.54, 1.807) is 18.2 Å². The van der Waals surface area contributed by atoms with Crippen LogP contribution in [0.4, 0.5) is 0 Å². The molecule has 0 aliphatic carbocycles. The summed E-state index contributed by atoms with van der Waals surface area (Å²) >= 11 is 0. The monoisotopic (exact) mass is 386 g/mol. The largest absolute Gasteiger partial charge is 0.465 e. The highest BCUT2D eigenvalue weighted by molar-refractivity contribution is 5.75. The maximum atomic E-state index is 12.2. The summed E-state index contributed by atoms with van der Waals surface area (Å²) in [6.07, 6.45) is 0.160. The third kappa shape index (κ3) is 3.71. The molecule has 144 valence electrons. The number of allylic oxidation sites excluding steroid dienone is 1. The summed E-state index contributed by atoms with van der Waals surface area (Å²) in [5.74, 6) is 1.23. The number of benzene rings is 2. The van der Waals surface area contributed by atoms with Crippen molar-refractivity contribution in [3.8, 4) is 17.6 Å². The van der Waals surface area contributed by atoms with Gasteiger partial charge in [0, 0.05) is 11.6 Å². The molecule has 1 aliphatic rings. The maximum absolute atomic E-state index is 12.2. The van der Waals surface area contributed by atoms with Gasteiger partial charge in [0.2, 0.25) is 5.88 Å². The Morgan fingerprint density at radius 2 is 1.97 bits per heavy atom. The molecule has 0 spiro atoms. The Morgan fingerprint density at radius 3 is 2.66 bits per heavy atom. The van der Waals surface area contributed by atoms with Crippen LogP contribution in [0.3, 0.4) is 0 Å². The smallest absolute Gasteiger partial charge is 0.315 e. The van der Waals surface area contributed by atoms with E-state index in [1.807, 2.05) is 49.4 Å². The van der Waals surface area contributed by atoms with E-state index in [0.717, 1.165) is 11.3 Å². The van der Waals surface area contributed by atoms with E-state index in [9.17, 15) is 10.1 Å². The van der Waals surface area contributed by atoms with Crippen LogP contribution in [0, 0.1) is 18.3 Å². The molecule has 2 N–H and O–H groups in total. The molecule has 2 aromatic carbocycles. The number of aryl methyl sites for hydroxylation is 1. The van der Waals surface area contributed by atoms with E-state index >= 15 is 0 Å². The number of rotatable bonds is 4. The van der Waals surface area contributed by atoms with Gasteiger partial charge in [-0.05, 0) is 30.7 Å². The van der Waals surface area contributed by atoms with Crippen LogP contribution in [-0.2, 0) is 11.2 Å². The molecule has 2 heterocycles. The van der Waals surface area contributed by atoms with E-state index in [2.05, 4.69) is 6.07 Å². The minimum Gasteiger partial charge on any atom is -0.465 e. The fraction of sp³-hybridized carbons (Fsp3) is 0.130. The lowest BCUT2D eigenvalue weighted by Crippen LogP contribution is -2.21. The molecule has 29 heavy (non-hydrogen) atoms. The molecule has 1 atom stereocenters. The van der Waals surface area contributed by atoms with Crippen LogP contribution in [0.1, 0.15) is 28.6 Å². The molecular weight excluding hydrogens is 368 g/mol. The molecule has 0 fully saturated rings. The molecule has 6 nitrogen and oxygen atoms in total. The number of fused-ring (bicyclic) bond motifs is 1. The van der Waals surface area contributed by atoms with Crippen LogP contribution >= 0.6 is 0 Å². The molecule has 1 unspecified atom stereocenters. The normalized spacial score (nSPS) is 15.2. The summed E-state index contributed by atoms with van der Waals surface area (Å²) in [5, 5.41) is 9.56. The van der Waals surface area contributed by atoms with Crippen LogP contribution in [0.25, 0.3) is 0 Å². The number of hydrogen-bond donors (Lipinski definition) is 1.